The number of carbonyl (C=O) groups is 1. The number of halogens is 1. The van der Waals surface area contributed by atoms with Crippen LogP contribution in [0, 0.1) is 0 Å². The van der Waals surface area contributed by atoms with Gasteiger partial charge in [0.25, 0.3) is 5.91 Å². The van der Waals surface area contributed by atoms with E-state index in [4.69, 9.17) is 0 Å². The van der Waals surface area contributed by atoms with Crippen molar-refractivity contribution in [3.63, 3.8) is 0 Å². The number of benzene rings is 1. The maximum atomic E-state index is 12.6. The zero-order chi connectivity index (χ0) is 17.0. The molecule has 24 heavy (non-hydrogen) atoms. The van der Waals surface area contributed by atoms with Crippen LogP contribution in [-0.2, 0) is 10.0 Å². The summed E-state index contributed by atoms with van der Waals surface area (Å²) in [5, 5.41) is 3.25. The Balaban J connectivity index is 0.00000288. The molecule has 6 nitrogen and oxygen atoms in total. The van der Waals surface area contributed by atoms with Gasteiger partial charge >= 0.3 is 0 Å². The number of amides is 1. The van der Waals surface area contributed by atoms with Crippen molar-refractivity contribution in [2.24, 2.45) is 0 Å². The molecule has 8 heteroatoms. The van der Waals surface area contributed by atoms with E-state index in [1.807, 2.05) is 25.7 Å². The van der Waals surface area contributed by atoms with Gasteiger partial charge < -0.3 is 10.2 Å². The average Bonchev–Trinajstić information content (AvgIpc) is 2.55. The van der Waals surface area contributed by atoms with Crippen molar-refractivity contribution in [3.05, 3.63) is 29.8 Å². The summed E-state index contributed by atoms with van der Waals surface area (Å²) in [6.07, 6.45) is 0. The van der Waals surface area contributed by atoms with Gasteiger partial charge in [0.1, 0.15) is 0 Å². The Labute approximate surface area is 150 Å². The molecule has 136 valence electrons. The Morgan fingerprint density at radius 2 is 1.83 bits per heavy atom. The molecular formula is C16H26ClN3O3S. The minimum absolute atomic E-state index is 0. The number of rotatable bonds is 5. The molecule has 1 atom stereocenters. The lowest BCUT2D eigenvalue weighted by Gasteiger charge is -2.34. The van der Waals surface area contributed by atoms with Crippen LogP contribution in [0.4, 0.5) is 0 Å². The van der Waals surface area contributed by atoms with Crippen LogP contribution in [-0.4, -0.2) is 62.3 Å². The van der Waals surface area contributed by atoms with Crippen LogP contribution in [0.25, 0.3) is 0 Å². The lowest BCUT2D eigenvalue weighted by Crippen LogP contribution is -2.52. The summed E-state index contributed by atoms with van der Waals surface area (Å²) in [5.74, 6) is -0.0502. The molecule has 1 heterocycles. The minimum atomic E-state index is -3.48. The molecule has 1 fully saturated rings. The van der Waals surface area contributed by atoms with E-state index in [2.05, 4.69) is 5.32 Å². The van der Waals surface area contributed by atoms with Gasteiger partial charge in [-0.2, -0.15) is 4.31 Å². The van der Waals surface area contributed by atoms with Crippen molar-refractivity contribution in [2.75, 3.05) is 32.7 Å². The highest BCUT2D eigenvalue weighted by atomic mass is 35.5. The molecule has 2 rings (SSSR count). The van der Waals surface area contributed by atoms with Gasteiger partial charge in [-0.3, -0.25) is 4.79 Å². The molecule has 1 aliphatic heterocycles. The van der Waals surface area contributed by atoms with Crippen LogP contribution in [0.5, 0.6) is 0 Å². The fourth-order valence-electron chi connectivity index (χ4n) is 2.79. The summed E-state index contributed by atoms with van der Waals surface area (Å²) in [4.78, 5) is 14.6. The van der Waals surface area contributed by atoms with E-state index in [1.165, 1.54) is 16.4 Å². The first kappa shape index (κ1) is 20.9. The molecule has 1 N–H and O–H groups in total. The van der Waals surface area contributed by atoms with Gasteiger partial charge in [0.15, 0.2) is 0 Å². The summed E-state index contributed by atoms with van der Waals surface area (Å²) in [6, 6.07) is 6.39. The van der Waals surface area contributed by atoms with Gasteiger partial charge in [0, 0.05) is 44.3 Å². The van der Waals surface area contributed by atoms with Gasteiger partial charge in [0.05, 0.1) is 4.90 Å². The third-order valence-corrected chi connectivity index (χ3v) is 6.27. The molecule has 0 spiro atoms. The Morgan fingerprint density at radius 1 is 1.25 bits per heavy atom. The highest BCUT2D eigenvalue weighted by Gasteiger charge is 2.25. The second-order valence-electron chi connectivity index (χ2n) is 5.67. The number of hydrogen-bond donors (Lipinski definition) is 1. The Bertz CT molecular complexity index is 645. The molecule has 1 unspecified atom stereocenters. The topological polar surface area (TPSA) is 69.7 Å². The monoisotopic (exact) mass is 375 g/mol. The van der Waals surface area contributed by atoms with Gasteiger partial charge in [-0.05, 0) is 31.2 Å². The Hall–Kier alpha value is -1.15. The lowest BCUT2D eigenvalue weighted by molar-refractivity contribution is 0.0655. The van der Waals surface area contributed by atoms with E-state index < -0.39 is 10.0 Å². The van der Waals surface area contributed by atoms with Crippen LogP contribution >= 0.6 is 12.4 Å². The summed E-state index contributed by atoms with van der Waals surface area (Å²) in [6.45, 7) is 8.71. The van der Waals surface area contributed by atoms with E-state index >= 15 is 0 Å². The van der Waals surface area contributed by atoms with Crippen molar-refractivity contribution < 1.29 is 13.2 Å². The van der Waals surface area contributed by atoms with Crippen molar-refractivity contribution in [1.82, 2.24) is 14.5 Å². The first-order chi connectivity index (χ1) is 10.9. The predicted octanol–water partition coefficient (Wildman–Crippen LogP) is 1.57. The first-order valence-corrected chi connectivity index (χ1v) is 9.47. The van der Waals surface area contributed by atoms with E-state index in [-0.39, 0.29) is 29.3 Å². The number of carbonyl (C=O) groups excluding carboxylic acids is 1. The molecule has 1 aromatic rings. The second-order valence-corrected chi connectivity index (χ2v) is 7.60. The second kappa shape index (κ2) is 8.80. The highest BCUT2D eigenvalue weighted by Crippen LogP contribution is 2.18. The minimum Gasteiger partial charge on any atom is -0.333 e. The molecule has 1 amide bonds. The van der Waals surface area contributed by atoms with E-state index in [1.54, 1.807) is 12.1 Å². The van der Waals surface area contributed by atoms with Gasteiger partial charge in [-0.1, -0.05) is 13.8 Å². The van der Waals surface area contributed by atoms with Crippen LogP contribution in [0.2, 0.25) is 0 Å². The van der Waals surface area contributed by atoms with E-state index in [0.717, 1.165) is 13.1 Å². The van der Waals surface area contributed by atoms with Crippen molar-refractivity contribution in [1.29, 1.82) is 0 Å². The molecule has 1 aliphatic rings. The average molecular weight is 376 g/mol. The smallest absolute Gasteiger partial charge is 0.254 e. The number of nitrogens with zero attached hydrogens (tertiary/aromatic N) is 2. The fraction of sp³-hybridized carbons (Fsp3) is 0.562. The standard InChI is InChI=1S/C16H25N3O3S.ClH/c1-4-18(5-2)23(21,22)15-8-6-14(7-9-15)16(20)19-11-10-17-12-13(19)3;/h6-9,13,17H,4-5,10-12H2,1-3H3;1H. The van der Waals surface area contributed by atoms with Gasteiger partial charge in [-0.25, -0.2) is 8.42 Å². The van der Waals surface area contributed by atoms with Crippen molar-refractivity contribution >= 4 is 28.3 Å². The van der Waals surface area contributed by atoms with Crippen molar-refractivity contribution in [3.8, 4) is 0 Å². The van der Waals surface area contributed by atoms with Crippen LogP contribution in [0.1, 0.15) is 31.1 Å². The van der Waals surface area contributed by atoms with E-state index in [9.17, 15) is 13.2 Å². The normalized spacial score (nSPS) is 18.3. The maximum absolute atomic E-state index is 12.6. The number of nitrogens with one attached hydrogen (secondary N) is 1. The molecule has 0 aliphatic carbocycles. The van der Waals surface area contributed by atoms with Crippen LogP contribution in [0.15, 0.2) is 29.2 Å². The summed E-state index contributed by atoms with van der Waals surface area (Å²) >= 11 is 0. The molecule has 0 aromatic heterocycles. The highest BCUT2D eigenvalue weighted by molar-refractivity contribution is 7.89. The van der Waals surface area contributed by atoms with Gasteiger partial charge in [0.2, 0.25) is 10.0 Å². The number of piperazine rings is 1. The molecule has 0 bridgehead atoms. The SMILES string of the molecule is CCN(CC)S(=O)(=O)c1ccc(C(=O)N2CCNCC2C)cc1.Cl. The number of hydrogen-bond acceptors (Lipinski definition) is 4. The largest absolute Gasteiger partial charge is 0.333 e. The lowest BCUT2D eigenvalue weighted by atomic mass is 10.1. The first-order valence-electron chi connectivity index (χ1n) is 8.03. The predicted molar refractivity (Wildman–Crippen MR) is 97.2 cm³/mol. The Kier molecular flexibility index (Phi) is 7.66. The molecular weight excluding hydrogens is 350 g/mol. The zero-order valence-electron chi connectivity index (χ0n) is 14.4. The molecule has 1 aromatic carbocycles. The number of sulfonamides is 1. The third kappa shape index (κ3) is 4.27. The van der Waals surface area contributed by atoms with E-state index in [0.29, 0.717) is 25.2 Å². The van der Waals surface area contributed by atoms with Crippen LogP contribution in [0.3, 0.4) is 0 Å². The fourth-order valence-corrected chi connectivity index (χ4v) is 4.25. The molecule has 1 saturated heterocycles. The zero-order valence-corrected chi connectivity index (χ0v) is 16.0. The summed E-state index contributed by atoms with van der Waals surface area (Å²) < 4.78 is 26.3. The maximum Gasteiger partial charge on any atom is 0.254 e. The molecule has 0 radical (unpaired) electrons. The van der Waals surface area contributed by atoms with Crippen molar-refractivity contribution in [2.45, 2.75) is 31.7 Å². The summed E-state index contributed by atoms with van der Waals surface area (Å²) in [7, 11) is -3.48. The quantitative estimate of drug-likeness (QED) is 0.848. The molecule has 0 saturated carbocycles. The van der Waals surface area contributed by atoms with Crippen LogP contribution < -0.4 is 5.32 Å². The van der Waals surface area contributed by atoms with Gasteiger partial charge in [-0.15, -0.1) is 12.4 Å². The third-order valence-electron chi connectivity index (χ3n) is 4.21. The summed E-state index contributed by atoms with van der Waals surface area (Å²) in [5.41, 5.74) is 0.525. The Morgan fingerprint density at radius 3 is 2.33 bits per heavy atom.